The first-order valence-corrected chi connectivity index (χ1v) is 12.7. The molecule has 3 aromatic carbocycles. The molecule has 4 nitrogen and oxygen atoms in total. The van der Waals surface area contributed by atoms with E-state index in [2.05, 4.69) is 51.8 Å². The molecule has 0 radical (unpaired) electrons. The van der Waals surface area contributed by atoms with E-state index in [1.807, 2.05) is 78.9 Å². The molecule has 1 fully saturated rings. The number of benzene rings is 3. The lowest BCUT2D eigenvalue weighted by molar-refractivity contribution is -0.113. The summed E-state index contributed by atoms with van der Waals surface area (Å²) in [4.78, 5) is 20.5. The van der Waals surface area contributed by atoms with Gasteiger partial charge in [-0.15, -0.1) is 0 Å². The van der Waals surface area contributed by atoms with Crippen LogP contribution in [0.3, 0.4) is 0 Å². The second kappa shape index (κ2) is 10.7. The number of amidine groups is 1. The highest BCUT2D eigenvalue weighted by molar-refractivity contribution is 14.1. The van der Waals surface area contributed by atoms with Crippen LogP contribution in [0, 0.1) is 7.14 Å². The van der Waals surface area contributed by atoms with Crippen molar-refractivity contribution < 1.29 is 9.53 Å². The van der Waals surface area contributed by atoms with Crippen LogP contribution >= 0.6 is 56.9 Å². The number of nitrogens with zero attached hydrogens (tertiary/aromatic N) is 2. The first-order valence-electron chi connectivity index (χ1n) is 9.72. The number of hydrogen-bond donors (Lipinski definition) is 0. The number of rotatable bonds is 6. The molecule has 0 unspecified atom stereocenters. The standard InChI is InChI=1S/C25H18I2N2O2S/c1-2-13-31-23-17(14-18(26)16-21(23)27)15-22-24(30)29(20-11-7-4-8-12-20)25(32-22)28-19-9-5-3-6-10-19/h2-12,14-16H,1,13H2/b22-15-,28-25?. The molecule has 7 heteroatoms. The minimum absolute atomic E-state index is 0.112. The summed E-state index contributed by atoms with van der Waals surface area (Å²) in [5.74, 6) is 0.631. The number of thioether (sulfide) groups is 1. The maximum absolute atomic E-state index is 13.5. The van der Waals surface area contributed by atoms with Crippen LogP contribution in [0.2, 0.25) is 0 Å². The number of carbonyl (C=O) groups excluding carboxylic acids is 1. The Labute approximate surface area is 218 Å². The number of amides is 1. The number of hydrogen-bond acceptors (Lipinski definition) is 4. The lowest BCUT2D eigenvalue weighted by Gasteiger charge is -2.15. The third-order valence-corrected chi connectivity index (χ3v) is 6.86. The van der Waals surface area contributed by atoms with Gasteiger partial charge in [-0.05, 0) is 99.4 Å². The first-order chi connectivity index (χ1) is 15.6. The maximum Gasteiger partial charge on any atom is 0.271 e. The molecule has 0 aliphatic carbocycles. The van der Waals surface area contributed by atoms with Gasteiger partial charge in [-0.2, -0.15) is 0 Å². The molecule has 0 N–H and O–H groups in total. The molecule has 0 saturated carbocycles. The van der Waals surface area contributed by atoms with Crippen molar-refractivity contribution >= 4 is 85.5 Å². The zero-order valence-electron chi connectivity index (χ0n) is 16.9. The molecular weight excluding hydrogens is 646 g/mol. The Balaban J connectivity index is 1.80. The molecule has 0 bridgehead atoms. The van der Waals surface area contributed by atoms with Crippen LogP contribution in [0.15, 0.2) is 95.3 Å². The van der Waals surface area contributed by atoms with Crippen molar-refractivity contribution in [2.24, 2.45) is 4.99 Å². The average Bonchev–Trinajstić information content (AvgIpc) is 3.09. The molecule has 1 aliphatic heterocycles. The molecule has 32 heavy (non-hydrogen) atoms. The lowest BCUT2D eigenvalue weighted by atomic mass is 10.2. The molecular formula is C25H18I2N2O2S. The van der Waals surface area contributed by atoms with E-state index in [9.17, 15) is 4.79 Å². The van der Waals surface area contributed by atoms with Crippen molar-refractivity contribution in [2.75, 3.05) is 11.5 Å². The zero-order chi connectivity index (χ0) is 22.5. The molecule has 0 spiro atoms. The number of ether oxygens (including phenoxy) is 1. The van der Waals surface area contributed by atoms with Gasteiger partial charge in [0.2, 0.25) is 0 Å². The molecule has 0 atom stereocenters. The average molecular weight is 664 g/mol. The van der Waals surface area contributed by atoms with Gasteiger partial charge >= 0.3 is 0 Å². The van der Waals surface area contributed by atoms with Gasteiger partial charge in [0.15, 0.2) is 5.17 Å². The summed E-state index contributed by atoms with van der Waals surface area (Å²) in [5.41, 5.74) is 2.43. The maximum atomic E-state index is 13.5. The van der Waals surface area contributed by atoms with Crippen LogP contribution in [0.25, 0.3) is 6.08 Å². The topological polar surface area (TPSA) is 41.9 Å². The fourth-order valence-corrected chi connectivity index (χ4v) is 6.13. The second-order valence-corrected chi connectivity index (χ2v) is 10.1. The number of para-hydroxylation sites is 2. The van der Waals surface area contributed by atoms with Gasteiger partial charge in [0.1, 0.15) is 12.4 Å². The zero-order valence-corrected chi connectivity index (χ0v) is 22.0. The van der Waals surface area contributed by atoms with Gasteiger partial charge < -0.3 is 4.74 Å². The van der Waals surface area contributed by atoms with Crippen molar-refractivity contribution in [3.63, 3.8) is 0 Å². The van der Waals surface area contributed by atoms with Crippen molar-refractivity contribution in [3.8, 4) is 5.75 Å². The van der Waals surface area contributed by atoms with E-state index in [4.69, 9.17) is 9.73 Å². The summed E-state index contributed by atoms with van der Waals surface area (Å²) < 4.78 is 7.96. The van der Waals surface area contributed by atoms with E-state index in [0.717, 1.165) is 29.8 Å². The minimum atomic E-state index is -0.112. The Morgan fingerprint density at radius 1 is 1.03 bits per heavy atom. The molecule has 1 saturated heterocycles. The van der Waals surface area contributed by atoms with Crippen molar-refractivity contribution in [1.82, 2.24) is 0 Å². The summed E-state index contributed by atoms with van der Waals surface area (Å²) in [5, 5.41) is 0.618. The summed E-state index contributed by atoms with van der Waals surface area (Å²) in [7, 11) is 0. The molecule has 1 heterocycles. The number of carbonyl (C=O) groups is 1. The third kappa shape index (κ3) is 5.26. The van der Waals surface area contributed by atoms with E-state index in [0.29, 0.717) is 16.7 Å². The Bertz CT molecular complexity index is 1210. The normalized spacial score (nSPS) is 16.1. The predicted octanol–water partition coefficient (Wildman–Crippen LogP) is 7.27. The van der Waals surface area contributed by atoms with E-state index >= 15 is 0 Å². The monoisotopic (exact) mass is 664 g/mol. The minimum Gasteiger partial charge on any atom is -0.488 e. The molecule has 3 aromatic rings. The fraction of sp³-hybridized carbons (Fsp3) is 0.0400. The molecule has 1 amide bonds. The summed E-state index contributed by atoms with van der Waals surface area (Å²) >= 11 is 5.89. The van der Waals surface area contributed by atoms with E-state index in [1.165, 1.54) is 11.8 Å². The van der Waals surface area contributed by atoms with Crippen LogP contribution in [0.1, 0.15) is 5.56 Å². The Kier molecular flexibility index (Phi) is 7.69. The smallest absolute Gasteiger partial charge is 0.271 e. The molecule has 4 rings (SSSR count). The Morgan fingerprint density at radius 2 is 1.72 bits per heavy atom. The van der Waals surface area contributed by atoms with E-state index < -0.39 is 0 Å². The highest BCUT2D eigenvalue weighted by Crippen LogP contribution is 2.39. The van der Waals surface area contributed by atoms with Gasteiger partial charge in [-0.25, -0.2) is 4.99 Å². The third-order valence-electron chi connectivity index (χ3n) is 4.47. The quantitative estimate of drug-likeness (QED) is 0.158. The van der Waals surface area contributed by atoms with Crippen molar-refractivity contribution in [3.05, 3.63) is 103 Å². The van der Waals surface area contributed by atoms with Crippen LogP contribution in [0.5, 0.6) is 5.75 Å². The summed E-state index contributed by atoms with van der Waals surface area (Å²) in [6.45, 7) is 4.13. The van der Waals surface area contributed by atoms with Crippen LogP contribution in [-0.4, -0.2) is 17.7 Å². The summed E-state index contributed by atoms with van der Waals surface area (Å²) in [6, 6.07) is 23.3. The van der Waals surface area contributed by atoms with Crippen LogP contribution in [0.4, 0.5) is 11.4 Å². The largest absolute Gasteiger partial charge is 0.488 e. The van der Waals surface area contributed by atoms with Crippen molar-refractivity contribution in [1.29, 1.82) is 0 Å². The lowest BCUT2D eigenvalue weighted by Crippen LogP contribution is -2.28. The van der Waals surface area contributed by atoms with Gasteiger partial charge in [0, 0.05) is 9.13 Å². The van der Waals surface area contributed by atoms with Gasteiger partial charge in [0.25, 0.3) is 5.91 Å². The Hall–Kier alpha value is -2.11. The van der Waals surface area contributed by atoms with Gasteiger partial charge in [-0.3, -0.25) is 9.69 Å². The first kappa shape index (κ1) is 23.1. The molecule has 160 valence electrons. The van der Waals surface area contributed by atoms with E-state index in [-0.39, 0.29) is 5.91 Å². The molecule has 1 aliphatic rings. The number of aliphatic imine (C=N–C) groups is 1. The second-order valence-electron chi connectivity index (χ2n) is 6.72. The Morgan fingerprint density at radius 3 is 2.41 bits per heavy atom. The SMILES string of the molecule is C=CCOc1c(I)cc(I)cc1/C=C1\SC(=Nc2ccccc2)N(c2ccccc2)C1=O. The fourth-order valence-electron chi connectivity index (χ4n) is 3.09. The van der Waals surface area contributed by atoms with Gasteiger partial charge in [-0.1, -0.05) is 49.1 Å². The highest BCUT2D eigenvalue weighted by atomic mass is 127. The predicted molar refractivity (Wildman–Crippen MR) is 151 cm³/mol. The van der Waals surface area contributed by atoms with Crippen molar-refractivity contribution in [2.45, 2.75) is 0 Å². The number of anilines is 1. The van der Waals surface area contributed by atoms with Gasteiger partial charge in [0.05, 0.1) is 19.9 Å². The van der Waals surface area contributed by atoms with Crippen LogP contribution in [-0.2, 0) is 4.79 Å². The van der Waals surface area contributed by atoms with E-state index in [1.54, 1.807) is 11.0 Å². The molecule has 0 aromatic heterocycles. The summed E-state index contributed by atoms with van der Waals surface area (Å²) in [6.07, 6.45) is 3.60. The number of halogens is 2. The highest BCUT2D eigenvalue weighted by Gasteiger charge is 2.35. The van der Waals surface area contributed by atoms with Crippen LogP contribution < -0.4 is 9.64 Å².